The van der Waals surface area contributed by atoms with Gasteiger partial charge >= 0.3 is 5.97 Å². The van der Waals surface area contributed by atoms with Crippen LogP contribution >= 0.6 is 0 Å². The number of carbonyl (C=O) groups is 2. The van der Waals surface area contributed by atoms with Gasteiger partial charge in [-0.2, -0.15) is 4.80 Å². The average molecular weight is 439 g/mol. The summed E-state index contributed by atoms with van der Waals surface area (Å²) in [5, 5.41) is 14.7. The fraction of sp³-hybridized carbons (Fsp3) is 0.318. The topological polar surface area (TPSA) is 117 Å². The van der Waals surface area contributed by atoms with Gasteiger partial charge in [0.2, 0.25) is 5.82 Å². The van der Waals surface area contributed by atoms with Crippen molar-refractivity contribution in [2.75, 3.05) is 14.2 Å². The Bertz CT molecular complexity index is 1080. The quantitative estimate of drug-likeness (QED) is 0.503. The van der Waals surface area contributed by atoms with Gasteiger partial charge in [-0.3, -0.25) is 4.79 Å². The molecule has 10 nitrogen and oxygen atoms in total. The molecule has 0 aliphatic carbocycles. The predicted octanol–water partition coefficient (Wildman–Crippen LogP) is 1.91. The van der Waals surface area contributed by atoms with Crippen LogP contribution in [0.4, 0.5) is 0 Å². The molecule has 168 valence electrons. The van der Waals surface area contributed by atoms with Crippen molar-refractivity contribution in [2.24, 2.45) is 0 Å². The molecule has 3 aromatic rings. The van der Waals surface area contributed by atoms with Crippen molar-refractivity contribution in [1.82, 2.24) is 25.5 Å². The summed E-state index contributed by atoms with van der Waals surface area (Å²) in [6.45, 7) is 3.46. The van der Waals surface area contributed by atoms with Crippen LogP contribution in [0.15, 0.2) is 42.5 Å². The number of nitrogens with one attached hydrogen (secondary N) is 1. The van der Waals surface area contributed by atoms with Gasteiger partial charge in [0.05, 0.1) is 14.2 Å². The maximum atomic E-state index is 12.3. The molecule has 3 rings (SSSR count). The van der Waals surface area contributed by atoms with Crippen LogP contribution in [0.1, 0.15) is 18.1 Å². The molecule has 1 unspecified atom stereocenters. The van der Waals surface area contributed by atoms with Crippen LogP contribution < -0.4 is 14.8 Å². The van der Waals surface area contributed by atoms with Crippen molar-refractivity contribution in [2.45, 2.75) is 33.0 Å². The van der Waals surface area contributed by atoms with Crippen molar-refractivity contribution >= 4 is 11.9 Å². The predicted molar refractivity (Wildman–Crippen MR) is 115 cm³/mol. The SMILES string of the molecule is COc1ccc(CNC(=O)C(C)OC(=O)Cn2nnc(-c3ccc(C)cc3)n2)cc1OC. The van der Waals surface area contributed by atoms with E-state index in [-0.39, 0.29) is 13.1 Å². The van der Waals surface area contributed by atoms with Crippen LogP contribution in [-0.2, 0) is 27.4 Å². The molecule has 2 aromatic carbocycles. The highest BCUT2D eigenvalue weighted by Gasteiger charge is 2.19. The van der Waals surface area contributed by atoms with Gasteiger partial charge in [0, 0.05) is 12.1 Å². The van der Waals surface area contributed by atoms with Crippen LogP contribution in [-0.4, -0.2) is 52.4 Å². The minimum atomic E-state index is -0.984. The first-order valence-corrected chi connectivity index (χ1v) is 9.92. The normalized spacial score (nSPS) is 11.5. The van der Waals surface area contributed by atoms with Crippen LogP contribution in [0.25, 0.3) is 11.4 Å². The summed E-state index contributed by atoms with van der Waals surface area (Å²) >= 11 is 0. The Balaban J connectivity index is 1.50. The van der Waals surface area contributed by atoms with Crippen LogP contribution in [0.5, 0.6) is 11.5 Å². The molecule has 0 aliphatic rings. The first-order chi connectivity index (χ1) is 15.4. The Kier molecular flexibility index (Phi) is 7.37. The highest BCUT2D eigenvalue weighted by atomic mass is 16.5. The standard InChI is InChI=1S/C22H25N5O5/c1-14-5-8-17(9-6-14)21-24-26-27(25-21)13-20(28)32-15(2)22(29)23-12-16-7-10-18(30-3)19(11-16)31-4/h5-11,15H,12-13H2,1-4H3,(H,23,29). The minimum Gasteiger partial charge on any atom is -0.493 e. The molecule has 0 saturated carbocycles. The number of tetrazole rings is 1. The number of ether oxygens (including phenoxy) is 3. The fourth-order valence-electron chi connectivity index (χ4n) is 2.86. The highest BCUT2D eigenvalue weighted by Crippen LogP contribution is 2.27. The van der Waals surface area contributed by atoms with Gasteiger partial charge in [0.1, 0.15) is 0 Å². The Morgan fingerprint density at radius 2 is 1.78 bits per heavy atom. The monoisotopic (exact) mass is 439 g/mol. The maximum absolute atomic E-state index is 12.3. The third-order valence-electron chi connectivity index (χ3n) is 4.63. The molecule has 0 aliphatic heterocycles. The molecule has 0 fully saturated rings. The first-order valence-electron chi connectivity index (χ1n) is 9.92. The third-order valence-corrected chi connectivity index (χ3v) is 4.63. The zero-order valence-electron chi connectivity index (χ0n) is 18.4. The zero-order chi connectivity index (χ0) is 23.1. The lowest BCUT2D eigenvalue weighted by molar-refractivity contribution is -0.155. The number of benzene rings is 2. The molecule has 1 atom stereocenters. The summed E-state index contributed by atoms with van der Waals surface area (Å²) in [6.07, 6.45) is -0.984. The maximum Gasteiger partial charge on any atom is 0.330 e. The summed E-state index contributed by atoms with van der Waals surface area (Å²) in [6, 6.07) is 12.9. The molecule has 1 heterocycles. The lowest BCUT2D eigenvalue weighted by Crippen LogP contribution is -2.36. The summed E-state index contributed by atoms with van der Waals surface area (Å²) in [7, 11) is 3.09. The van der Waals surface area contributed by atoms with E-state index in [1.807, 2.05) is 31.2 Å². The number of hydrogen-bond acceptors (Lipinski definition) is 8. The lowest BCUT2D eigenvalue weighted by Gasteiger charge is -2.14. The van der Waals surface area contributed by atoms with E-state index in [1.165, 1.54) is 14.0 Å². The van der Waals surface area contributed by atoms with E-state index >= 15 is 0 Å². The number of methoxy groups -OCH3 is 2. The van der Waals surface area contributed by atoms with Gasteiger partial charge in [-0.05, 0) is 36.8 Å². The van der Waals surface area contributed by atoms with Crippen molar-refractivity contribution in [3.63, 3.8) is 0 Å². The Labute approximate surface area is 185 Å². The van der Waals surface area contributed by atoms with Crippen LogP contribution in [0, 0.1) is 6.92 Å². The lowest BCUT2D eigenvalue weighted by atomic mass is 10.1. The van der Waals surface area contributed by atoms with Crippen LogP contribution in [0.3, 0.4) is 0 Å². The molecule has 0 bridgehead atoms. The van der Waals surface area contributed by atoms with Crippen molar-refractivity contribution < 1.29 is 23.8 Å². The van der Waals surface area contributed by atoms with Crippen molar-refractivity contribution in [3.8, 4) is 22.9 Å². The van der Waals surface area contributed by atoms with E-state index < -0.39 is 18.0 Å². The number of esters is 1. The van der Waals surface area contributed by atoms with E-state index in [4.69, 9.17) is 14.2 Å². The second-order valence-electron chi connectivity index (χ2n) is 7.05. The summed E-state index contributed by atoms with van der Waals surface area (Å²) in [5.74, 6) is 0.478. The van der Waals surface area contributed by atoms with Crippen molar-refractivity contribution in [3.05, 3.63) is 53.6 Å². The minimum absolute atomic E-state index is 0.242. The molecule has 32 heavy (non-hydrogen) atoms. The van der Waals surface area contributed by atoms with E-state index in [1.54, 1.807) is 25.3 Å². The number of aromatic nitrogens is 4. The summed E-state index contributed by atoms with van der Waals surface area (Å²) < 4.78 is 15.6. The molecule has 10 heteroatoms. The van der Waals surface area contributed by atoms with Gasteiger partial charge < -0.3 is 19.5 Å². The van der Waals surface area contributed by atoms with Gasteiger partial charge in [0.15, 0.2) is 24.1 Å². The van der Waals surface area contributed by atoms with Gasteiger partial charge in [-0.25, -0.2) is 4.79 Å². The Hall–Kier alpha value is -3.95. The molecule has 1 aromatic heterocycles. The number of hydrogen-bond donors (Lipinski definition) is 1. The molecule has 1 N–H and O–H groups in total. The van der Waals surface area contributed by atoms with E-state index in [0.29, 0.717) is 17.3 Å². The summed E-state index contributed by atoms with van der Waals surface area (Å²) in [5.41, 5.74) is 2.71. The smallest absolute Gasteiger partial charge is 0.330 e. The van der Waals surface area contributed by atoms with Gasteiger partial charge in [-0.15, -0.1) is 10.2 Å². The Morgan fingerprint density at radius 1 is 1.06 bits per heavy atom. The van der Waals surface area contributed by atoms with Gasteiger partial charge in [-0.1, -0.05) is 35.9 Å². The van der Waals surface area contributed by atoms with E-state index in [2.05, 4.69) is 20.7 Å². The number of amides is 1. The fourth-order valence-corrected chi connectivity index (χ4v) is 2.86. The third kappa shape index (κ3) is 5.81. The molecule has 0 spiro atoms. The molecular weight excluding hydrogens is 414 g/mol. The van der Waals surface area contributed by atoms with Gasteiger partial charge in [0.25, 0.3) is 5.91 Å². The number of aryl methyl sites for hydroxylation is 1. The largest absolute Gasteiger partial charge is 0.493 e. The molecular formula is C22H25N5O5. The molecule has 1 amide bonds. The Morgan fingerprint density at radius 3 is 2.47 bits per heavy atom. The number of rotatable bonds is 9. The first kappa shape index (κ1) is 22.7. The zero-order valence-corrected chi connectivity index (χ0v) is 18.4. The van der Waals surface area contributed by atoms with E-state index in [0.717, 1.165) is 21.5 Å². The summed E-state index contributed by atoms with van der Waals surface area (Å²) in [4.78, 5) is 25.6. The molecule has 0 saturated heterocycles. The van der Waals surface area contributed by atoms with Crippen molar-refractivity contribution in [1.29, 1.82) is 0 Å². The second-order valence-corrected chi connectivity index (χ2v) is 7.05. The van der Waals surface area contributed by atoms with E-state index in [9.17, 15) is 9.59 Å². The number of nitrogens with zero attached hydrogens (tertiary/aromatic N) is 4. The highest BCUT2D eigenvalue weighted by molar-refractivity contribution is 5.83. The van der Waals surface area contributed by atoms with Crippen LogP contribution in [0.2, 0.25) is 0 Å². The number of carbonyl (C=O) groups excluding carboxylic acids is 2. The second kappa shape index (κ2) is 10.4. The average Bonchev–Trinajstić information content (AvgIpc) is 3.25. The molecule has 0 radical (unpaired) electrons.